The maximum Gasteiger partial charge on any atom is 0.349 e. The number of likely N-dealkylation sites (N-methyl/N-ethyl adjacent to an activating group) is 1. The van der Waals surface area contributed by atoms with Gasteiger partial charge in [-0.1, -0.05) is 41.4 Å². The molecular weight excluding hydrogens is 689 g/mol. The summed E-state index contributed by atoms with van der Waals surface area (Å²) in [6.07, 6.45) is 8.23. The molecule has 2 aliphatic rings. The van der Waals surface area contributed by atoms with E-state index < -0.39 is 11.9 Å². The number of rotatable bonds is 10. The number of piperidine rings is 1. The summed E-state index contributed by atoms with van der Waals surface area (Å²) in [6, 6.07) is 17.1. The number of amides is 2. The van der Waals surface area contributed by atoms with Gasteiger partial charge in [-0.3, -0.25) is 9.59 Å². The number of aromatic nitrogens is 1. The van der Waals surface area contributed by atoms with Gasteiger partial charge in [-0.15, -0.1) is 5.48 Å². The molecule has 6 rings (SSSR count). The number of halogens is 2. The lowest BCUT2D eigenvalue weighted by molar-refractivity contribution is -0.145. The van der Waals surface area contributed by atoms with Crippen LogP contribution in [0.2, 0.25) is 10.0 Å². The zero-order valence-electron chi connectivity index (χ0n) is 29.0. The quantitative estimate of drug-likeness (QED) is 0.133. The number of ether oxygens (including phenoxy) is 1. The Kier molecular flexibility index (Phi) is 11.4. The van der Waals surface area contributed by atoms with Crippen LogP contribution >= 0.6 is 23.2 Å². The molecule has 0 unspecified atom stereocenters. The summed E-state index contributed by atoms with van der Waals surface area (Å²) in [5.41, 5.74) is 8.99. The van der Waals surface area contributed by atoms with Gasteiger partial charge in [0.05, 0.1) is 10.7 Å². The highest BCUT2D eigenvalue weighted by molar-refractivity contribution is 6.38. The molecule has 2 amide bonds. The van der Waals surface area contributed by atoms with Gasteiger partial charge in [0, 0.05) is 72.7 Å². The minimum absolute atomic E-state index is 0.00741. The summed E-state index contributed by atoms with van der Waals surface area (Å²) < 4.78 is 6.30. The van der Waals surface area contributed by atoms with E-state index in [9.17, 15) is 14.4 Å². The van der Waals surface area contributed by atoms with Crippen LogP contribution in [-0.2, 0) is 32.2 Å². The Morgan fingerprint density at radius 3 is 2.57 bits per heavy atom. The third-order valence-corrected chi connectivity index (χ3v) is 10.1. The van der Waals surface area contributed by atoms with E-state index in [4.69, 9.17) is 37.8 Å². The summed E-state index contributed by atoms with van der Waals surface area (Å²) in [6.45, 7) is 6.05. The lowest BCUT2D eigenvalue weighted by Crippen LogP contribution is -2.36. The first-order valence-electron chi connectivity index (χ1n) is 17.1. The van der Waals surface area contributed by atoms with Gasteiger partial charge in [0.1, 0.15) is 24.4 Å². The minimum atomic E-state index is -0.668. The molecule has 0 saturated carbocycles. The number of anilines is 3. The van der Waals surface area contributed by atoms with Crippen molar-refractivity contribution in [3.05, 3.63) is 93.1 Å². The number of carbonyl (C=O) groups is 3. The van der Waals surface area contributed by atoms with Gasteiger partial charge in [0.25, 0.3) is 0 Å². The summed E-state index contributed by atoms with van der Waals surface area (Å²) >= 11 is 13.4. The maximum absolute atomic E-state index is 13.1. The molecule has 0 atom stereocenters. The van der Waals surface area contributed by atoms with Gasteiger partial charge in [0.2, 0.25) is 11.8 Å². The van der Waals surface area contributed by atoms with Gasteiger partial charge in [-0.2, -0.15) is 0 Å². The molecule has 12 heteroatoms. The molecule has 1 saturated heterocycles. The van der Waals surface area contributed by atoms with Crippen LogP contribution in [0.3, 0.4) is 0 Å². The maximum atomic E-state index is 13.1. The first-order chi connectivity index (χ1) is 24.6. The SMILES string of the molecule is CC(=O)N1CCCc2cc(C=CC(=O)ONCC(=O)N(C)c3ccc(Cl)c(COc4cccc5c(N6CCCCC6)cc(C)nc45)c3Cl)ccc21. The van der Waals surface area contributed by atoms with Crippen molar-refractivity contribution >= 4 is 75.0 Å². The number of benzene rings is 3. The lowest BCUT2D eigenvalue weighted by atomic mass is 9.99. The second-order valence-electron chi connectivity index (χ2n) is 12.8. The van der Waals surface area contributed by atoms with Crippen LogP contribution < -0.4 is 24.9 Å². The number of nitrogens with one attached hydrogen (secondary N) is 1. The first-order valence-corrected chi connectivity index (χ1v) is 17.9. The Hall–Kier alpha value is -4.64. The smallest absolute Gasteiger partial charge is 0.349 e. The minimum Gasteiger partial charge on any atom is -0.487 e. The van der Waals surface area contributed by atoms with E-state index in [-0.39, 0.29) is 24.1 Å². The Morgan fingerprint density at radius 1 is 0.980 bits per heavy atom. The number of hydrogen-bond donors (Lipinski definition) is 1. The third kappa shape index (κ3) is 8.30. The normalized spacial score (nSPS) is 14.5. The molecule has 3 heterocycles. The van der Waals surface area contributed by atoms with Crippen LogP contribution in [0.25, 0.3) is 17.0 Å². The van der Waals surface area contributed by atoms with Gasteiger partial charge < -0.3 is 24.3 Å². The van der Waals surface area contributed by atoms with Gasteiger partial charge >= 0.3 is 5.97 Å². The van der Waals surface area contributed by atoms with Crippen molar-refractivity contribution in [2.24, 2.45) is 0 Å². The van der Waals surface area contributed by atoms with E-state index in [1.54, 1.807) is 37.1 Å². The van der Waals surface area contributed by atoms with E-state index in [1.807, 2.05) is 37.3 Å². The molecule has 1 fully saturated rings. The van der Waals surface area contributed by atoms with Crippen LogP contribution in [0.15, 0.2) is 60.7 Å². The molecule has 3 aromatic carbocycles. The molecule has 1 N–H and O–H groups in total. The summed E-state index contributed by atoms with van der Waals surface area (Å²) in [5, 5.41) is 1.70. The zero-order chi connectivity index (χ0) is 36.1. The van der Waals surface area contributed by atoms with Gasteiger partial charge in [-0.25, -0.2) is 9.78 Å². The fraction of sp³-hybridized carbons (Fsp3) is 0.333. The molecule has 0 bridgehead atoms. The van der Waals surface area contributed by atoms with E-state index in [0.29, 0.717) is 28.6 Å². The molecule has 0 aliphatic carbocycles. The summed E-state index contributed by atoms with van der Waals surface area (Å²) in [4.78, 5) is 52.8. The molecule has 1 aromatic heterocycles. The molecule has 266 valence electrons. The van der Waals surface area contributed by atoms with Crippen LogP contribution in [0.5, 0.6) is 5.75 Å². The Morgan fingerprint density at radius 2 is 1.78 bits per heavy atom. The number of hydroxylamine groups is 1. The molecule has 10 nitrogen and oxygen atoms in total. The first kappa shape index (κ1) is 36.2. The number of hydrogen-bond acceptors (Lipinski definition) is 8. The predicted molar refractivity (Wildman–Crippen MR) is 203 cm³/mol. The lowest BCUT2D eigenvalue weighted by Gasteiger charge is -2.30. The number of pyridine rings is 1. The number of aryl methyl sites for hydroxylation is 2. The highest BCUT2D eigenvalue weighted by Crippen LogP contribution is 2.37. The van der Waals surface area contributed by atoms with Crippen molar-refractivity contribution in [1.29, 1.82) is 0 Å². The van der Waals surface area contributed by atoms with Crippen LogP contribution in [0.4, 0.5) is 17.1 Å². The Balaban J connectivity index is 1.07. The van der Waals surface area contributed by atoms with Crippen LogP contribution in [0.1, 0.15) is 55.0 Å². The molecule has 0 radical (unpaired) electrons. The highest BCUT2D eigenvalue weighted by Gasteiger charge is 2.22. The summed E-state index contributed by atoms with van der Waals surface area (Å²) in [7, 11) is 1.58. The van der Waals surface area contributed by atoms with E-state index in [1.165, 1.54) is 30.2 Å². The summed E-state index contributed by atoms with van der Waals surface area (Å²) in [5.74, 6) is -0.444. The molecule has 4 aromatic rings. The number of carbonyl (C=O) groups excluding carboxylic acids is 3. The van der Waals surface area contributed by atoms with E-state index >= 15 is 0 Å². The average molecular weight is 731 g/mol. The molecular formula is C39H41Cl2N5O5. The van der Waals surface area contributed by atoms with Crippen molar-refractivity contribution in [3.8, 4) is 5.75 Å². The molecule has 2 aliphatic heterocycles. The Bertz CT molecular complexity index is 1990. The number of para-hydroxylation sites is 1. The second-order valence-corrected chi connectivity index (χ2v) is 13.6. The van der Waals surface area contributed by atoms with Crippen molar-refractivity contribution in [2.75, 3.05) is 47.9 Å². The van der Waals surface area contributed by atoms with E-state index in [0.717, 1.165) is 65.0 Å². The monoisotopic (exact) mass is 729 g/mol. The fourth-order valence-electron chi connectivity index (χ4n) is 6.64. The Labute approximate surface area is 307 Å². The number of fused-ring (bicyclic) bond motifs is 2. The van der Waals surface area contributed by atoms with Crippen LogP contribution in [0, 0.1) is 6.92 Å². The van der Waals surface area contributed by atoms with Crippen molar-refractivity contribution in [1.82, 2.24) is 10.5 Å². The molecule has 51 heavy (non-hydrogen) atoms. The van der Waals surface area contributed by atoms with Crippen molar-refractivity contribution in [3.63, 3.8) is 0 Å². The molecule has 0 spiro atoms. The second kappa shape index (κ2) is 16.1. The largest absolute Gasteiger partial charge is 0.487 e. The van der Waals surface area contributed by atoms with Crippen molar-refractivity contribution in [2.45, 2.75) is 52.6 Å². The fourth-order valence-corrected chi connectivity index (χ4v) is 7.24. The topological polar surface area (TPSA) is 104 Å². The van der Waals surface area contributed by atoms with Crippen LogP contribution in [-0.4, -0.2) is 56.0 Å². The standard InChI is InChI=1S/C39H41Cl2N5O5/c1-25-21-34(45-18-5-4-6-19-45)29-10-7-11-35(39(29)43-25)50-24-30-31(40)14-16-33(38(30)41)44(3)36(48)23-42-51-37(49)17-13-27-12-15-32-28(22-27)9-8-20-46(32)26(2)47/h7,10-17,21-22,42H,4-6,8-9,18-20,23-24H2,1-3H3. The van der Waals surface area contributed by atoms with Gasteiger partial charge in [0.15, 0.2) is 0 Å². The number of nitrogens with zero attached hydrogens (tertiary/aromatic N) is 4. The van der Waals surface area contributed by atoms with E-state index in [2.05, 4.69) is 22.5 Å². The van der Waals surface area contributed by atoms with Gasteiger partial charge in [-0.05, 0) is 92.6 Å². The predicted octanol–water partition coefficient (Wildman–Crippen LogP) is 7.44. The highest BCUT2D eigenvalue weighted by atomic mass is 35.5. The third-order valence-electron chi connectivity index (χ3n) is 9.29. The van der Waals surface area contributed by atoms with Crippen molar-refractivity contribution < 1.29 is 24.0 Å². The zero-order valence-corrected chi connectivity index (χ0v) is 30.5. The average Bonchev–Trinajstić information content (AvgIpc) is 3.13.